The Hall–Kier alpha value is -0.800. The number of aryl methyl sites for hydroxylation is 1. The largest absolute Gasteiger partial charge is 0.362 e. The van der Waals surface area contributed by atoms with Crippen LogP contribution in [0.3, 0.4) is 0 Å². The molecule has 0 aromatic heterocycles. The van der Waals surface area contributed by atoms with E-state index in [0.717, 1.165) is 29.2 Å². The fourth-order valence-corrected chi connectivity index (χ4v) is 1.85. The molecule has 4 heteroatoms. The minimum Gasteiger partial charge on any atom is -0.362 e. The van der Waals surface area contributed by atoms with Crippen LogP contribution in [0.15, 0.2) is 18.2 Å². The highest BCUT2D eigenvalue weighted by atomic mass is 35.5. The predicted molar refractivity (Wildman–Crippen MR) is 79.9 cm³/mol. The lowest BCUT2D eigenvalue weighted by atomic mass is 10.1. The van der Waals surface area contributed by atoms with Gasteiger partial charge < -0.3 is 10.6 Å². The molecule has 1 rings (SSSR count). The van der Waals surface area contributed by atoms with Crippen molar-refractivity contribution in [3.05, 3.63) is 28.8 Å². The molecule has 1 aromatic carbocycles. The highest BCUT2D eigenvalue weighted by Crippen LogP contribution is 2.19. The molecule has 2 N–H and O–H groups in total. The second-order valence-electron chi connectivity index (χ2n) is 4.52. The lowest BCUT2D eigenvalue weighted by molar-refractivity contribution is 0.579. The topological polar surface area (TPSA) is 24.1 Å². The van der Waals surface area contributed by atoms with E-state index in [1.807, 2.05) is 25.1 Å². The van der Waals surface area contributed by atoms with Gasteiger partial charge in [0, 0.05) is 17.3 Å². The van der Waals surface area contributed by atoms with E-state index in [-0.39, 0.29) is 0 Å². The average molecular weight is 271 g/mol. The third-order valence-corrected chi connectivity index (χ3v) is 2.93. The van der Waals surface area contributed by atoms with Gasteiger partial charge >= 0.3 is 0 Å². The SMILES string of the molecule is Cc1cc(Cl)ccc1NC(=S)NCCC(C)C. The lowest BCUT2D eigenvalue weighted by Crippen LogP contribution is -2.30. The fraction of sp³-hybridized carbons (Fsp3) is 0.462. The standard InChI is InChI=1S/C13H19ClN2S/c1-9(2)6-7-15-13(17)16-12-5-4-11(14)8-10(12)3/h4-5,8-9H,6-7H2,1-3H3,(H2,15,16,17). The molecule has 0 unspecified atom stereocenters. The first-order chi connectivity index (χ1) is 7.99. The summed E-state index contributed by atoms with van der Waals surface area (Å²) in [5, 5.41) is 7.77. The third-order valence-electron chi connectivity index (χ3n) is 2.44. The number of benzene rings is 1. The van der Waals surface area contributed by atoms with Gasteiger partial charge in [0.2, 0.25) is 0 Å². The van der Waals surface area contributed by atoms with E-state index in [4.69, 9.17) is 23.8 Å². The van der Waals surface area contributed by atoms with Gasteiger partial charge in [0.15, 0.2) is 5.11 Å². The first-order valence-electron chi connectivity index (χ1n) is 5.80. The molecule has 2 nitrogen and oxygen atoms in total. The van der Waals surface area contributed by atoms with E-state index in [0.29, 0.717) is 11.0 Å². The molecule has 0 aliphatic carbocycles. The summed E-state index contributed by atoms with van der Waals surface area (Å²) < 4.78 is 0. The summed E-state index contributed by atoms with van der Waals surface area (Å²) in [7, 11) is 0. The van der Waals surface area contributed by atoms with Crippen LogP contribution < -0.4 is 10.6 Å². The van der Waals surface area contributed by atoms with Crippen molar-refractivity contribution in [3.8, 4) is 0 Å². The number of anilines is 1. The number of hydrogen-bond acceptors (Lipinski definition) is 1. The Morgan fingerprint density at radius 3 is 2.71 bits per heavy atom. The molecule has 0 aliphatic heterocycles. The van der Waals surface area contributed by atoms with Crippen LogP contribution in [0.4, 0.5) is 5.69 Å². The Labute approximate surface area is 114 Å². The zero-order valence-corrected chi connectivity index (χ0v) is 12.1. The molecule has 0 aliphatic rings. The van der Waals surface area contributed by atoms with Gasteiger partial charge in [0.05, 0.1) is 0 Å². The van der Waals surface area contributed by atoms with Gasteiger partial charge in [-0.05, 0) is 55.2 Å². The van der Waals surface area contributed by atoms with E-state index in [2.05, 4.69) is 24.5 Å². The second-order valence-corrected chi connectivity index (χ2v) is 5.37. The molecule has 94 valence electrons. The summed E-state index contributed by atoms with van der Waals surface area (Å²) in [6.45, 7) is 7.30. The maximum absolute atomic E-state index is 5.90. The second kappa shape index (κ2) is 6.82. The molecule has 1 aromatic rings. The van der Waals surface area contributed by atoms with Crippen molar-refractivity contribution in [2.24, 2.45) is 5.92 Å². The van der Waals surface area contributed by atoms with E-state index in [1.54, 1.807) is 0 Å². The molecule has 0 atom stereocenters. The smallest absolute Gasteiger partial charge is 0.170 e. The summed E-state index contributed by atoms with van der Waals surface area (Å²) in [6, 6.07) is 5.71. The molecule has 0 saturated heterocycles. The van der Waals surface area contributed by atoms with Crippen LogP contribution >= 0.6 is 23.8 Å². The van der Waals surface area contributed by atoms with Crippen LogP contribution in [0, 0.1) is 12.8 Å². The van der Waals surface area contributed by atoms with Crippen molar-refractivity contribution in [1.29, 1.82) is 0 Å². The van der Waals surface area contributed by atoms with Crippen LogP contribution in [0.25, 0.3) is 0 Å². The van der Waals surface area contributed by atoms with Crippen molar-refractivity contribution in [2.45, 2.75) is 27.2 Å². The van der Waals surface area contributed by atoms with Crippen molar-refractivity contribution < 1.29 is 0 Å². The fourth-order valence-electron chi connectivity index (χ4n) is 1.41. The number of rotatable bonds is 4. The van der Waals surface area contributed by atoms with Crippen molar-refractivity contribution in [1.82, 2.24) is 5.32 Å². The van der Waals surface area contributed by atoms with Gasteiger partial charge in [-0.25, -0.2) is 0 Å². The number of hydrogen-bond donors (Lipinski definition) is 2. The quantitative estimate of drug-likeness (QED) is 0.810. The van der Waals surface area contributed by atoms with Crippen LogP contribution in [-0.2, 0) is 0 Å². The lowest BCUT2D eigenvalue weighted by Gasteiger charge is -2.13. The van der Waals surface area contributed by atoms with Gasteiger partial charge in [-0.2, -0.15) is 0 Å². The average Bonchev–Trinajstić information content (AvgIpc) is 2.21. The molecule has 0 radical (unpaired) electrons. The summed E-state index contributed by atoms with van der Waals surface area (Å²) in [4.78, 5) is 0. The van der Waals surface area contributed by atoms with E-state index < -0.39 is 0 Å². The van der Waals surface area contributed by atoms with Gasteiger partial charge in [-0.15, -0.1) is 0 Å². The molecule has 0 heterocycles. The Bertz CT molecular complexity index is 391. The van der Waals surface area contributed by atoms with Crippen molar-refractivity contribution in [2.75, 3.05) is 11.9 Å². The Kier molecular flexibility index (Phi) is 5.72. The maximum Gasteiger partial charge on any atom is 0.170 e. The van der Waals surface area contributed by atoms with Crippen LogP contribution in [0.1, 0.15) is 25.8 Å². The van der Waals surface area contributed by atoms with E-state index in [1.165, 1.54) is 0 Å². The molecular formula is C13H19ClN2S. The van der Waals surface area contributed by atoms with Crippen molar-refractivity contribution in [3.63, 3.8) is 0 Å². The van der Waals surface area contributed by atoms with Crippen LogP contribution in [-0.4, -0.2) is 11.7 Å². The zero-order chi connectivity index (χ0) is 12.8. The first kappa shape index (κ1) is 14.3. The molecule has 0 saturated carbocycles. The van der Waals surface area contributed by atoms with Gasteiger partial charge in [-0.3, -0.25) is 0 Å². The normalized spacial score (nSPS) is 10.4. The van der Waals surface area contributed by atoms with E-state index in [9.17, 15) is 0 Å². The predicted octanol–water partition coefficient (Wildman–Crippen LogP) is 3.98. The van der Waals surface area contributed by atoms with Crippen LogP contribution in [0.5, 0.6) is 0 Å². The highest BCUT2D eigenvalue weighted by molar-refractivity contribution is 7.80. The van der Waals surface area contributed by atoms with Crippen LogP contribution in [0.2, 0.25) is 5.02 Å². The number of thiocarbonyl (C=S) groups is 1. The summed E-state index contributed by atoms with van der Waals surface area (Å²) >= 11 is 11.1. The highest BCUT2D eigenvalue weighted by Gasteiger charge is 2.02. The molecule has 0 fully saturated rings. The molecule has 0 bridgehead atoms. The minimum atomic E-state index is 0.663. The molecule has 17 heavy (non-hydrogen) atoms. The monoisotopic (exact) mass is 270 g/mol. The third kappa shape index (κ3) is 5.37. The maximum atomic E-state index is 5.90. The first-order valence-corrected chi connectivity index (χ1v) is 6.58. The number of halogens is 1. The van der Waals surface area contributed by atoms with E-state index >= 15 is 0 Å². The van der Waals surface area contributed by atoms with Gasteiger partial charge in [0.1, 0.15) is 0 Å². The van der Waals surface area contributed by atoms with Gasteiger partial charge in [-0.1, -0.05) is 25.4 Å². The summed E-state index contributed by atoms with van der Waals surface area (Å²) in [6.07, 6.45) is 1.11. The Morgan fingerprint density at radius 2 is 2.12 bits per heavy atom. The Morgan fingerprint density at radius 1 is 1.41 bits per heavy atom. The number of nitrogens with one attached hydrogen (secondary N) is 2. The zero-order valence-electron chi connectivity index (χ0n) is 10.5. The van der Waals surface area contributed by atoms with Crippen molar-refractivity contribution >= 4 is 34.6 Å². The molecule has 0 amide bonds. The summed E-state index contributed by atoms with van der Waals surface area (Å²) in [5.74, 6) is 0.683. The Balaban J connectivity index is 2.45. The summed E-state index contributed by atoms with van der Waals surface area (Å²) in [5.41, 5.74) is 2.09. The molecular weight excluding hydrogens is 252 g/mol. The van der Waals surface area contributed by atoms with Gasteiger partial charge in [0.25, 0.3) is 0 Å². The minimum absolute atomic E-state index is 0.663. The molecule has 0 spiro atoms.